The molecule has 6 nitrogen and oxygen atoms in total. The van der Waals surface area contributed by atoms with E-state index in [2.05, 4.69) is 15.6 Å². The lowest BCUT2D eigenvalue weighted by Gasteiger charge is -2.36. The number of carbonyl (C=O) groups is 1. The highest BCUT2D eigenvalue weighted by Gasteiger charge is 2.31. The number of anilines is 2. The summed E-state index contributed by atoms with van der Waals surface area (Å²) in [5.41, 5.74) is 1.01. The molecule has 24 heavy (non-hydrogen) atoms. The van der Waals surface area contributed by atoms with Gasteiger partial charge in [0.05, 0.1) is 17.8 Å². The van der Waals surface area contributed by atoms with Crippen molar-refractivity contribution >= 4 is 17.4 Å². The molecule has 1 aromatic heterocycles. The quantitative estimate of drug-likeness (QED) is 0.883. The Bertz CT molecular complexity index is 721. The van der Waals surface area contributed by atoms with Crippen LogP contribution in [-0.2, 0) is 4.74 Å². The number of fused-ring (bicyclic) bond motifs is 1. The summed E-state index contributed by atoms with van der Waals surface area (Å²) in [6.45, 7) is 5.69. The summed E-state index contributed by atoms with van der Waals surface area (Å²) in [6.07, 6.45) is 1.64. The lowest BCUT2D eigenvalue weighted by molar-refractivity contribution is 0.0808. The van der Waals surface area contributed by atoms with E-state index in [0.29, 0.717) is 31.2 Å². The SMILES string of the molecule is CCOCC1(C)COc2ccc(C(=O)Nc3ccccn3)cc2N1. The average molecular weight is 327 g/mol. The Balaban J connectivity index is 1.76. The molecule has 1 aliphatic heterocycles. The normalized spacial score (nSPS) is 18.9. The van der Waals surface area contributed by atoms with Crippen molar-refractivity contribution in [3.05, 3.63) is 48.2 Å². The van der Waals surface area contributed by atoms with Crippen molar-refractivity contribution in [2.75, 3.05) is 30.5 Å². The van der Waals surface area contributed by atoms with Crippen LogP contribution in [0, 0.1) is 0 Å². The van der Waals surface area contributed by atoms with Crippen LogP contribution in [-0.4, -0.2) is 36.3 Å². The Morgan fingerprint density at radius 1 is 1.42 bits per heavy atom. The lowest BCUT2D eigenvalue weighted by atomic mass is 10.0. The first kappa shape index (κ1) is 16.3. The van der Waals surface area contributed by atoms with Gasteiger partial charge in [-0.15, -0.1) is 0 Å². The van der Waals surface area contributed by atoms with Crippen molar-refractivity contribution < 1.29 is 14.3 Å². The zero-order chi connectivity index (χ0) is 17.0. The van der Waals surface area contributed by atoms with E-state index >= 15 is 0 Å². The van der Waals surface area contributed by atoms with E-state index in [0.717, 1.165) is 11.4 Å². The number of aromatic nitrogens is 1. The largest absolute Gasteiger partial charge is 0.489 e. The van der Waals surface area contributed by atoms with Gasteiger partial charge < -0.3 is 20.1 Å². The summed E-state index contributed by atoms with van der Waals surface area (Å²) in [6, 6.07) is 10.7. The van der Waals surface area contributed by atoms with Crippen LogP contribution in [0.2, 0.25) is 0 Å². The predicted molar refractivity (Wildman–Crippen MR) is 92.6 cm³/mol. The fourth-order valence-corrected chi connectivity index (χ4v) is 2.52. The molecule has 1 amide bonds. The zero-order valence-corrected chi connectivity index (χ0v) is 13.8. The zero-order valence-electron chi connectivity index (χ0n) is 13.8. The number of carbonyl (C=O) groups excluding carboxylic acids is 1. The summed E-state index contributed by atoms with van der Waals surface area (Å²) < 4.78 is 11.3. The van der Waals surface area contributed by atoms with E-state index < -0.39 is 0 Å². The number of nitrogens with one attached hydrogen (secondary N) is 2. The van der Waals surface area contributed by atoms with Gasteiger partial charge in [0.1, 0.15) is 18.2 Å². The maximum atomic E-state index is 12.4. The van der Waals surface area contributed by atoms with Crippen LogP contribution in [0.4, 0.5) is 11.5 Å². The molecule has 6 heteroatoms. The van der Waals surface area contributed by atoms with E-state index in [-0.39, 0.29) is 11.4 Å². The minimum Gasteiger partial charge on any atom is -0.489 e. The van der Waals surface area contributed by atoms with E-state index in [1.807, 2.05) is 19.9 Å². The number of amides is 1. The van der Waals surface area contributed by atoms with Crippen LogP contribution in [0.25, 0.3) is 0 Å². The van der Waals surface area contributed by atoms with Crippen molar-refractivity contribution in [1.29, 1.82) is 0 Å². The van der Waals surface area contributed by atoms with Gasteiger partial charge in [-0.1, -0.05) is 6.07 Å². The molecule has 3 rings (SSSR count). The molecule has 0 fully saturated rings. The van der Waals surface area contributed by atoms with Gasteiger partial charge >= 0.3 is 0 Å². The molecular weight excluding hydrogens is 306 g/mol. The van der Waals surface area contributed by atoms with Crippen molar-refractivity contribution in [3.8, 4) is 5.75 Å². The molecule has 2 aromatic rings. The number of hydrogen-bond acceptors (Lipinski definition) is 5. The molecule has 2 N–H and O–H groups in total. The van der Waals surface area contributed by atoms with Gasteiger partial charge in [0.25, 0.3) is 5.91 Å². The maximum Gasteiger partial charge on any atom is 0.256 e. The van der Waals surface area contributed by atoms with Gasteiger partial charge in [0.2, 0.25) is 0 Å². The summed E-state index contributed by atoms with van der Waals surface area (Å²) in [5, 5.41) is 6.20. The monoisotopic (exact) mass is 327 g/mol. The second kappa shape index (κ2) is 6.88. The van der Waals surface area contributed by atoms with Crippen LogP contribution >= 0.6 is 0 Å². The van der Waals surface area contributed by atoms with E-state index in [4.69, 9.17) is 9.47 Å². The third-order valence-electron chi connectivity index (χ3n) is 3.76. The Hall–Kier alpha value is -2.60. The van der Waals surface area contributed by atoms with Crippen molar-refractivity contribution in [3.63, 3.8) is 0 Å². The van der Waals surface area contributed by atoms with Crippen molar-refractivity contribution in [1.82, 2.24) is 4.98 Å². The lowest BCUT2D eigenvalue weighted by Crippen LogP contribution is -2.48. The van der Waals surface area contributed by atoms with Crippen molar-refractivity contribution in [2.24, 2.45) is 0 Å². The molecule has 0 spiro atoms. The molecule has 0 saturated heterocycles. The molecule has 126 valence electrons. The Labute approximate surface area is 141 Å². The van der Waals surface area contributed by atoms with Gasteiger partial charge in [-0.2, -0.15) is 0 Å². The molecule has 0 saturated carbocycles. The summed E-state index contributed by atoms with van der Waals surface area (Å²) >= 11 is 0. The van der Waals surface area contributed by atoms with Gasteiger partial charge in [0, 0.05) is 18.4 Å². The number of pyridine rings is 1. The summed E-state index contributed by atoms with van der Waals surface area (Å²) in [7, 11) is 0. The third-order valence-corrected chi connectivity index (χ3v) is 3.76. The highest BCUT2D eigenvalue weighted by atomic mass is 16.5. The highest BCUT2D eigenvalue weighted by Crippen LogP contribution is 2.33. The summed E-state index contributed by atoms with van der Waals surface area (Å²) in [4.78, 5) is 16.5. The van der Waals surface area contributed by atoms with Gasteiger partial charge in [-0.25, -0.2) is 4.98 Å². The number of benzene rings is 1. The Morgan fingerprint density at radius 2 is 2.29 bits per heavy atom. The molecule has 1 aliphatic rings. The molecule has 0 aliphatic carbocycles. The summed E-state index contributed by atoms with van der Waals surface area (Å²) in [5.74, 6) is 1.04. The standard InChI is InChI=1S/C18H21N3O3/c1-3-23-11-18(2)12-24-15-8-7-13(10-14(15)21-18)17(22)20-16-6-4-5-9-19-16/h4-10,21H,3,11-12H2,1-2H3,(H,19,20,22). The van der Waals surface area contributed by atoms with Gasteiger partial charge in [-0.05, 0) is 44.2 Å². The topological polar surface area (TPSA) is 72.5 Å². The highest BCUT2D eigenvalue weighted by molar-refractivity contribution is 6.04. The molecule has 1 aromatic carbocycles. The molecular formula is C18H21N3O3. The average Bonchev–Trinajstić information content (AvgIpc) is 2.60. The number of nitrogens with zero attached hydrogens (tertiary/aromatic N) is 1. The third kappa shape index (κ3) is 3.65. The second-order valence-electron chi connectivity index (χ2n) is 5.99. The van der Waals surface area contributed by atoms with E-state index in [1.165, 1.54) is 0 Å². The molecule has 2 heterocycles. The van der Waals surface area contributed by atoms with Crippen LogP contribution < -0.4 is 15.4 Å². The predicted octanol–water partition coefficient (Wildman–Crippen LogP) is 2.93. The minimum absolute atomic E-state index is 0.213. The van der Waals surface area contributed by atoms with Gasteiger partial charge in [-0.3, -0.25) is 4.79 Å². The Morgan fingerprint density at radius 3 is 3.04 bits per heavy atom. The van der Waals surface area contributed by atoms with Crippen LogP contribution in [0.1, 0.15) is 24.2 Å². The fraction of sp³-hybridized carbons (Fsp3) is 0.333. The second-order valence-corrected chi connectivity index (χ2v) is 5.99. The smallest absolute Gasteiger partial charge is 0.256 e. The van der Waals surface area contributed by atoms with Crippen LogP contribution in [0.3, 0.4) is 0 Å². The Kier molecular flexibility index (Phi) is 4.66. The first-order valence-corrected chi connectivity index (χ1v) is 7.95. The number of hydrogen-bond donors (Lipinski definition) is 2. The molecule has 1 unspecified atom stereocenters. The molecule has 0 radical (unpaired) electrons. The minimum atomic E-state index is -0.320. The van der Waals surface area contributed by atoms with Crippen LogP contribution in [0.15, 0.2) is 42.6 Å². The number of ether oxygens (including phenoxy) is 2. The molecule has 1 atom stereocenters. The fourth-order valence-electron chi connectivity index (χ4n) is 2.52. The maximum absolute atomic E-state index is 12.4. The van der Waals surface area contributed by atoms with Gasteiger partial charge in [0.15, 0.2) is 0 Å². The molecule has 0 bridgehead atoms. The first-order chi connectivity index (χ1) is 11.6. The number of rotatable bonds is 5. The van der Waals surface area contributed by atoms with E-state index in [1.54, 1.807) is 36.5 Å². The van der Waals surface area contributed by atoms with E-state index in [9.17, 15) is 4.79 Å². The first-order valence-electron chi connectivity index (χ1n) is 7.95. The van der Waals surface area contributed by atoms with Crippen molar-refractivity contribution in [2.45, 2.75) is 19.4 Å². The van der Waals surface area contributed by atoms with Crippen LogP contribution in [0.5, 0.6) is 5.75 Å².